The van der Waals surface area contributed by atoms with Gasteiger partial charge in [-0.15, -0.1) is 12.6 Å². The first kappa shape index (κ1) is 12.8. The molecule has 0 aliphatic heterocycles. The van der Waals surface area contributed by atoms with Crippen molar-refractivity contribution in [1.82, 2.24) is 0 Å². The van der Waals surface area contributed by atoms with Crippen molar-refractivity contribution in [3.8, 4) is 0 Å². The quantitative estimate of drug-likeness (QED) is 0.641. The van der Waals surface area contributed by atoms with E-state index in [4.69, 9.17) is 0 Å². The van der Waals surface area contributed by atoms with Crippen molar-refractivity contribution in [2.45, 2.75) is 18.7 Å². The standard InChI is InChI=1S/C8H10S.C6H5F/c1-6-4-3-5-8(9)7(6)2;7-6-4-2-1-3-5-6/h3-5,9H,1-2H3;1-5H. The largest absolute Gasteiger partial charge is 0.207 e. The van der Waals surface area contributed by atoms with Crippen molar-refractivity contribution in [3.05, 3.63) is 65.5 Å². The fourth-order valence-corrected chi connectivity index (χ4v) is 1.41. The Balaban J connectivity index is 0.000000165. The predicted molar refractivity (Wildman–Crippen MR) is 69.6 cm³/mol. The Morgan fingerprint density at radius 3 is 1.88 bits per heavy atom. The third kappa shape index (κ3) is 4.07. The van der Waals surface area contributed by atoms with Gasteiger partial charge < -0.3 is 0 Å². The minimum absolute atomic E-state index is 0.178. The van der Waals surface area contributed by atoms with E-state index in [1.54, 1.807) is 18.2 Å². The van der Waals surface area contributed by atoms with Crippen LogP contribution in [0.3, 0.4) is 0 Å². The summed E-state index contributed by atoms with van der Waals surface area (Å²) in [5.41, 5.74) is 2.59. The third-order valence-electron chi connectivity index (χ3n) is 2.31. The van der Waals surface area contributed by atoms with Gasteiger partial charge in [-0.1, -0.05) is 30.3 Å². The molecular formula is C14H15FS. The van der Waals surface area contributed by atoms with Crippen LogP contribution in [0.1, 0.15) is 11.1 Å². The molecule has 0 aliphatic carbocycles. The Labute approximate surface area is 102 Å². The average molecular weight is 234 g/mol. The highest BCUT2D eigenvalue weighted by Crippen LogP contribution is 2.15. The molecule has 0 radical (unpaired) electrons. The van der Waals surface area contributed by atoms with Crippen molar-refractivity contribution >= 4 is 12.6 Å². The summed E-state index contributed by atoms with van der Waals surface area (Å²) in [7, 11) is 0. The summed E-state index contributed by atoms with van der Waals surface area (Å²) in [5, 5.41) is 0. The molecule has 16 heavy (non-hydrogen) atoms. The van der Waals surface area contributed by atoms with Gasteiger partial charge in [0.05, 0.1) is 0 Å². The van der Waals surface area contributed by atoms with Gasteiger partial charge in [0.15, 0.2) is 0 Å². The van der Waals surface area contributed by atoms with E-state index in [2.05, 4.69) is 32.5 Å². The fraction of sp³-hybridized carbons (Fsp3) is 0.143. The molecule has 0 N–H and O–H groups in total. The van der Waals surface area contributed by atoms with Crippen LogP contribution in [0.4, 0.5) is 4.39 Å². The van der Waals surface area contributed by atoms with Crippen LogP contribution in [-0.2, 0) is 0 Å². The van der Waals surface area contributed by atoms with E-state index >= 15 is 0 Å². The van der Waals surface area contributed by atoms with Crippen molar-refractivity contribution in [2.24, 2.45) is 0 Å². The maximum atomic E-state index is 11.9. The number of aryl methyl sites for hydroxylation is 1. The van der Waals surface area contributed by atoms with Crippen molar-refractivity contribution in [1.29, 1.82) is 0 Å². The predicted octanol–water partition coefficient (Wildman–Crippen LogP) is 4.42. The summed E-state index contributed by atoms with van der Waals surface area (Å²) in [6.45, 7) is 4.17. The van der Waals surface area contributed by atoms with Gasteiger partial charge in [-0.2, -0.15) is 0 Å². The molecule has 0 amide bonds. The minimum atomic E-state index is -0.178. The Morgan fingerprint density at radius 2 is 1.50 bits per heavy atom. The summed E-state index contributed by atoms with van der Waals surface area (Å²) in [5.74, 6) is -0.178. The van der Waals surface area contributed by atoms with Crippen LogP contribution < -0.4 is 0 Å². The van der Waals surface area contributed by atoms with Gasteiger partial charge in [-0.05, 0) is 43.2 Å². The number of hydrogen-bond acceptors (Lipinski definition) is 1. The van der Waals surface area contributed by atoms with Gasteiger partial charge in [0.2, 0.25) is 0 Å². The molecule has 84 valence electrons. The van der Waals surface area contributed by atoms with E-state index in [-0.39, 0.29) is 5.82 Å². The molecule has 0 unspecified atom stereocenters. The smallest absolute Gasteiger partial charge is 0.123 e. The van der Waals surface area contributed by atoms with Crippen LogP contribution in [0.15, 0.2) is 53.4 Å². The summed E-state index contributed by atoms with van der Waals surface area (Å²) in [4.78, 5) is 1.08. The molecule has 0 aliphatic rings. The molecule has 0 bridgehead atoms. The highest BCUT2D eigenvalue weighted by atomic mass is 32.1. The van der Waals surface area contributed by atoms with Gasteiger partial charge in [0, 0.05) is 4.90 Å². The van der Waals surface area contributed by atoms with Gasteiger partial charge >= 0.3 is 0 Å². The van der Waals surface area contributed by atoms with Crippen LogP contribution in [0.5, 0.6) is 0 Å². The van der Waals surface area contributed by atoms with Crippen molar-refractivity contribution in [3.63, 3.8) is 0 Å². The van der Waals surface area contributed by atoms with Crippen LogP contribution in [0.2, 0.25) is 0 Å². The molecule has 0 fully saturated rings. The lowest BCUT2D eigenvalue weighted by Crippen LogP contribution is -1.79. The minimum Gasteiger partial charge on any atom is -0.207 e. The van der Waals surface area contributed by atoms with E-state index in [9.17, 15) is 4.39 Å². The van der Waals surface area contributed by atoms with Crippen LogP contribution in [-0.4, -0.2) is 0 Å². The van der Waals surface area contributed by atoms with Crippen LogP contribution in [0.25, 0.3) is 0 Å². The zero-order valence-corrected chi connectivity index (χ0v) is 10.3. The lowest BCUT2D eigenvalue weighted by Gasteiger charge is -2.00. The Kier molecular flexibility index (Phi) is 5.06. The third-order valence-corrected chi connectivity index (χ3v) is 2.79. The first-order valence-electron chi connectivity index (χ1n) is 5.07. The molecule has 0 atom stereocenters. The lowest BCUT2D eigenvalue weighted by molar-refractivity contribution is 0.628. The van der Waals surface area contributed by atoms with Crippen molar-refractivity contribution < 1.29 is 4.39 Å². The molecule has 2 heteroatoms. The van der Waals surface area contributed by atoms with Gasteiger partial charge in [0.25, 0.3) is 0 Å². The van der Waals surface area contributed by atoms with E-state index in [1.165, 1.54) is 23.3 Å². The topological polar surface area (TPSA) is 0 Å². The lowest BCUT2D eigenvalue weighted by atomic mass is 10.1. The van der Waals surface area contributed by atoms with E-state index in [0.29, 0.717) is 0 Å². The maximum absolute atomic E-state index is 11.9. The Bertz CT molecular complexity index is 417. The summed E-state index contributed by atoms with van der Waals surface area (Å²) < 4.78 is 11.9. The second-order valence-electron chi connectivity index (χ2n) is 3.51. The van der Waals surface area contributed by atoms with E-state index in [1.807, 2.05) is 12.1 Å². The number of halogens is 1. The molecule has 0 nitrogen and oxygen atoms in total. The molecule has 0 spiro atoms. The molecule has 2 aromatic rings. The second kappa shape index (κ2) is 6.33. The SMILES string of the molecule is Cc1cccc(S)c1C.Fc1ccccc1. The first-order valence-corrected chi connectivity index (χ1v) is 5.51. The molecule has 2 aromatic carbocycles. The van der Waals surface area contributed by atoms with Crippen LogP contribution in [0, 0.1) is 19.7 Å². The molecule has 0 heterocycles. The van der Waals surface area contributed by atoms with Gasteiger partial charge in [-0.25, -0.2) is 4.39 Å². The van der Waals surface area contributed by atoms with Gasteiger partial charge in [-0.3, -0.25) is 0 Å². The first-order chi connectivity index (χ1) is 7.61. The maximum Gasteiger partial charge on any atom is 0.123 e. The monoisotopic (exact) mass is 234 g/mol. The summed E-state index contributed by atoms with van der Waals surface area (Å²) in [6.07, 6.45) is 0. The molecule has 0 aromatic heterocycles. The number of benzene rings is 2. The Hall–Kier alpha value is -1.28. The molecule has 0 saturated carbocycles. The number of rotatable bonds is 0. The summed E-state index contributed by atoms with van der Waals surface area (Å²) in [6, 6.07) is 14.1. The number of thiol groups is 1. The zero-order chi connectivity index (χ0) is 12.0. The fourth-order valence-electron chi connectivity index (χ4n) is 1.15. The molecule has 0 saturated heterocycles. The molecular weight excluding hydrogens is 219 g/mol. The zero-order valence-electron chi connectivity index (χ0n) is 9.44. The molecule has 2 rings (SSSR count). The van der Waals surface area contributed by atoms with E-state index < -0.39 is 0 Å². The van der Waals surface area contributed by atoms with Crippen molar-refractivity contribution in [2.75, 3.05) is 0 Å². The average Bonchev–Trinajstić information content (AvgIpc) is 2.28. The van der Waals surface area contributed by atoms with E-state index in [0.717, 1.165) is 4.90 Å². The highest BCUT2D eigenvalue weighted by Gasteiger charge is 1.92. The Morgan fingerprint density at radius 1 is 0.875 bits per heavy atom. The van der Waals surface area contributed by atoms with Crippen LogP contribution >= 0.6 is 12.6 Å². The summed E-state index contributed by atoms with van der Waals surface area (Å²) >= 11 is 4.27. The van der Waals surface area contributed by atoms with Gasteiger partial charge in [0.1, 0.15) is 5.82 Å². The highest BCUT2D eigenvalue weighted by molar-refractivity contribution is 7.80. The second-order valence-corrected chi connectivity index (χ2v) is 4.00. The normalized spacial score (nSPS) is 9.25. The number of hydrogen-bond donors (Lipinski definition) is 1.